The van der Waals surface area contributed by atoms with Gasteiger partial charge in [0.25, 0.3) is 10.0 Å². The number of amides is 1. The number of nitrogens with zero attached hydrogens (tertiary/aromatic N) is 1. The lowest BCUT2D eigenvalue weighted by Gasteiger charge is -2.30. The second-order valence-corrected chi connectivity index (χ2v) is 10.1. The number of sulfonamides is 1. The number of carbonyl (C=O) groups excluding carboxylic acids is 1. The fourth-order valence-electron chi connectivity index (χ4n) is 3.30. The molecular formula is C21H30N2O3S2. The molecule has 2 aromatic rings. The minimum atomic E-state index is -3.69. The van der Waals surface area contributed by atoms with E-state index in [2.05, 4.69) is 11.6 Å². The van der Waals surface area contributed by atoms with Crippen LogP contribution in [0.25, 0.3) is 0 Å². The first kappa shape index (κ1) is 22.4. The molecule has 28 heavy (non-hydrogen) atoms. The van der Waals surface area contributed by atoms with Crippen LogP contribution in [0.2, 0.25) is 0 Å². The molecule has 1 heterocycles. The van der Waals surface area contributed by atoms with Crippen molar-refractivity contribution in [2.24, 2.45) is 0 Å². The van der Waals surface area contributed by atoms with E-state index in [4.69, 9.17) is 0 Å². The molecule has 0 aliphatic carbocycles. The topological polar surface area (TPSA) is 66.5 Å². The average Bonchev–Trinajstić information content (AvgIpc) is 3.01. The van der Waals surface area contributed by atoms with E-state index < -0.39 is 10.0 Å². The molecule has 1 amide bonds. The summed E-state index contributed by atoms with van der Waals surface area (Å²) in [6.07, 6.45) is 2.12. The van der Waals surface area contributed by atoms with Gasteiger partial charge in [-0.2, -0.15) is 0 Å². The van der Waals surface area contributed by atoms with Crippen molar-refractivity contribution in [3.63, 3.8) is 0 Å². The highest BCUT2D eigenvalue weighted by Crippen LogP contribution is 2.27. The number of nitrogens with one attached hydrogen (secondary N) is 1. The van der Waals surface area contributed by atoms with Crippen LogP contribution < -0.4 is 4.72 Å². The summed E-state index contributed by atoms with van der Waals surface area (Å²) in [4.78, 5) is 15.5. The van der Waals surface area contributed by atoms with Crippen LogP contribution in [0.1, 0.15) is 51.5 Å². The van der Waals surface area contributed by atoms with Crippen molar-refractivity contribution in [2.75, 3.05) is 4.72 Å². The maximum absolute atomic E-state index is 12.8. The number of rotatable bonds is 9. The third-order valence-electron chi connectivity index (χ3n) is 4.47. The molecule has 0 saturated heterocycles. The van der Waals surface area contributed by atoms with Crippen molar-refractivity contribution in [1.29, 1.82) is 0 Å². The third kappa shape index (κ3) is 5.58. The summed E-state index contributed by atoms with van der Waals surface area (Å²) in [6, 6.07) is 8.85. The minimum absolute atomic E-state index is 0.00295. The molecule has 0 radical (unpaired) electrons. The van der Waals surface area contributed by atoms with Crippen LogP contribution in [-0.2, 0) is 27.7 Å². The van der Waals surface area contributed by atoms with E-state index in [0.29, 0.717) is 5.69 Å². The van der Waals surface area contributed by atoms with Crippen molar-refractivity contribution in [2.45, 2.75) is 70.9 Å². The summed E-state index contributed by atoms with van der Waals surface area (Å²) in [5.74, 6) is -0.00295. The summed E-state index contributed by atoms with van der Waals surface area (Å²) in [5.41, 5.74) is 1.59. The molecular weight excluding hydrogens is 392 g/mol. The molecule has 0 aliphatic rings. The lowest BCUT2D eigenvalue weighted by molar-refractivity contribution is -0.133. The van der Waals surface area contributed by atoms with Gasteiger partial charge in [-0.15, -0.1) is 11.3 Å². The highest BCUT2D eigenvalue weighted by atomic mass is 32.2. The Morgan fingerprint density at radius 1 is 1.07 bits per heavy atom. The largest absolute Gasteiger partial charge is 0.338 e. The van der Waals surface area contributed by atoms with Crippen LogP contribution in [0.3, 0.4) is 0 Å². The van der Waals surface area contributed by atoms with Gasteiger partial charge in [0.2, 0.25) is 5.91 Å². The maximum Gasteiger partial charge on any atom is 0.261 e. The SMILES string of the molecule is CCCc1ccc(S(=O)(=O)Nc2ccsc2CC(=O)N(C(C)C)C(C)C)cc1. The molecule has 0 aliphatic heterocycles. The summed E-state index contributed by atoms with van der Waals surface area (Å²) in [7, 11) is -3.69. The molecule has 2 rings (SSSR count). The van der Waals surface area contributed by atoms with E-state index >= 15 is 0 Å². The normalized spacial score (nSPS) is 11.8. The Labute approximate surface area is 172 Å². The van der Waals surface area contributed by atoms with Crippen LogP contribution >= 0.6 is 11.3 Å². The molecule has 0 bridgehead atoms. The van der Waals surface area contributed by atoms with Crippen LogP contribution in [0.4, 0.5) is 5.69 Å². The van der Waals surface area contributed by atoms with Crippen LogP contribution in [0.5, 0.6) is 0 Å². The second-order valence-electron chi connectivity index (χ2n) is 7.42. The number of hydrogen-bond donors (Lipinski definition) is 1. The Hall–Kier alpha value is -1.86. The summed E-state index contributed by atoms with van der Waals surface area (Å²) < 4.78 is 28.2. The summed E-state index contributed by atoms with van der Waals surface area (Å²) in [6.45, 7) is 10.0. The number of benzene rings is 1. The molecule has 7 heteroatoms. The zero-order valence-electron chi connectivity index (χ0n) is 17.2. The molecule has 0 spiro atoms. The Morgan fingerprint density at radius 3 is 2.21 bits per heavy atom. The van der Waals surface area contributed by atoms with E-state index in [1.807, 2.05) is 44.7 Å². The number of hydrogen-bond acceptors (Lipinski definition) is 4. The van der Waals surface area contributed by atoms with E-state index in [9.17, 15) is 13.2 Å². The average molecular weight is 423 g/mol. The molecule has 154 valence electrons. The first-order chi connectivity index (χ1) is 13.2. The smallest absolute Gasteiger partial charge is 0.261 e. The fraction of sp³-hybridized carbons (Fsp3) is 0.476. The van der Waals surface area contributed by atoms with Crippen molar-refractivity contribution < 1.29 is 13.2 Å². The van der Waals surface area contributed by atoms with Crippen molar-refractivity contribution in [1.82, 2.24) is 4.90 Å². The first-order valence-corrected chi connectivity index (χ1v) is 12.0. The Morgan fingerprint density at radius 2 is 1.68 bits per heavy atom. The van der Waals surface area contributed by atoms with Crippen molar-refractivity contribution >= 4 is 33.0 Å². The van der Waals surface area contributed by atoms with E-state index in [1.54, 1.807) is 23.6 Å². The quantitative estimate of drug-likeness (QED) is 0.637. The molecule has 0 saturated carbocycles. The number of aryl methyl sites for hydroxylation is 1. The van der Waals surface area contributed by atoms with Crippen molar-refractivity contribution in [3.05, 3.63) is 46.2 Å². The van der Waals surface area contributed by atoms with Gasteiger partial charge in [0.15, 0.2) is 0 Å². The second kappa shape index (κ2) is 9.56. The van der Waals surface area contributed by atoms with Gasteiger partial charge in [0, 0.05) is 17.0 Å². The molecule has 5 nitrogen and oxygen atoms in total. The fourth-order valence-corrected chi connectivity index (χ4v) is 5.28. The predicted octanol–water partition coefficient (Wildman–Crippen LogP) is 4.69. The van der Waals surface area contributed by atoms with Crippen molar-refractivity contribution in [3.8, 4) is 0 Å². The number of anilines is 1. The standard InChI is InChI=1S/C21H30N2O3S2/c1-6-7-17-8-10-18(11-9-17)28(25,26)22-19-12-13-27-20(19)14-21(24)23(15(2)3)16(4)5/h8-13,15-16,22H,6-7,14H2,1-5H3. The van der Waals surface area contributed by atoms with Gasteiger partial charge in [0.05, 0.1) is 17.0 Å². The van der Waals surface area contributed by atoms with E-state index in [1.165, 1.54) is 11.3 Å². The highest BCUT2D eigenvalue weighted by Gasteiger charge is 2.23. The van der Waals surface area contributed by atoms with Crippen LogP contribution in [-0.4, -0.2) is 31.3 Å². The number of thiophene rings is 1. The first-order valence-electron chi connectivity index (χ1n) is 9.65. The summed E-state index contributed by atoms with van der Waals surface area (Å²) in [5, 5.41) is 1.81. The van der Waals surface area contributed by atoms with Gasteiger partial charge >= 0.3 is 0 Å². The van der Waals surface area contributed by atoms with E-state index in [0.717, 1.165) is 23.3 Å². The van der Waals surface area contributed by atoms with Crippen LogP contribution in [0.15, 0.2) is 40.6 Å². The molecule has 1 aromatic carbocycles. The zero-order valence-corrected chi connectivity index (χ0v) is 18.9. The number of carbonyl (C=O) groups is 1. The van der Waals surface area contributed by atoms with Gasteiger partial charge in [-0.25, -0.2) is 8.42 Å². The van der Waals surface area contributed by atoms with Gasteiger partial charge in [-0.3, -0.25) is 9.52 Å². The lowest BCUT2D eigenvalue weighted by atomic mass is 10.1. The molecule has 1 aromatic heterocycles. The Balaban J connectivity index is 2.17. The summed E-state index contributed by atoms with van der Waals surface area (Å²) >= 11 is 1.39. The third-order valence-corrected chi connectivity index (χ3v) is 6.78. The van der Waals surface area contributed by atoms with Gasteiger partial charge in [0.1, 0.15) is 0 Å². The van der Waals surface area contributed by atoms with Gasteiger partial charge < -0.3 is 4.90 Å². The Kier molecular flexibility index (Phi) is 7.66. The molecule has 1 N–H and O–H groups in total. The monoisotopic (exact) mass is 422 g/mol. The van der Waals surface area contributed by atoms with Gasteiger partial charge in [-0.1, -0.05) is 25.5 Å². The predicted molar refractivity (Wildman–Crippen MR) is 116 cm³/mol. The lowest BCUT2D eigenvalue weighted by Crippen LogP contribution is -2.42. The van der Waals surface area contributed by atoms with E-state index in [-0.39, 0.29) is 29.3 Å². The highest BCUT2D eigenvalue weighted by molar-refractivity contribution is 7.92. The zero-order chi connectivity index (χ0) is 20.9. The molecule has 0 atom stereocenters. The van der Waals surface area contributed by atoms with Crippen LogP contribution in [0, 0.1) is 0 Å². The maximum atomic E-state index is 12.8. The Bertz CT molecular complexity index is 877. The van der Waals surface area contributed by atoms with Gasteiger partial charge in [-0.05, 0) is 63.3 Å². The molecule has 0 unspecified atom stereocenters. The molecule has 0 fully saturated rings. The minimum Gasteiger partial charge on any atom is -0.338 e.